The van der Waals surface area contributed by atoms with E-state index in [4.69, 9.17) is 4.74 Å². The fourth-order valence-electron chi connectivity index (χ4n) is 9.46. The number of ether oxygens (including phenoxy) is 1. The molecule has 3 aliphatic carbocycles. The molecule has 3 aliphatic heterocycles. The molecule has 1 aromatic heterocycles. The van der Waals surface area contributed by atoms with Gasteiger partial charge >= 0.3 is 0 Å². The molecule has 1 saturated carbocycles. The van der Waals surface area contributed by atoms with E-state index < -0.39 is 0 Å². The van der Waals surface area contributed by atoms with Crippen molar-refractivity contribution in [1.29, 1.82) is 0 Å². The number of pyridine rings is 1. The van der Waals surface area contributed by atoms with Gasteiger partial charge in [0, 0.05) is 42.3 Å². The Morgan fingerprint density at radius 3 is 2.76 bits per heavy atom. The van der Waals surface area contributed by atoms with Crippen LogP contribution in [0.2, 0.25) is 0 Å². The van der Waals surface area contributed by atoms with Crippen LogP contribution in [0.15, 0.2) is 72.1 Å². The summed E-state index contributed by atoms with van der Waals surface area (Å²) in [4.78, 5) is 6.79. The fourth-order valence-corrected chi connectivity index (χ4v) is 9.46. The van der Waals surface area contributed by atoms with Crippen LogP contribution in [0.1, 0.15) is 56.9 Å². The molecule has 1 unspecified atom stereocenters. The molecule has 5 heteroatoms. The average molecular weight is 511 g/mol. The average Bonchev–Trinajstić information content (AvgIpc) is 3.43. The van der Waals surface area contributed by atoms with Crippen molar-refractivity contribution in [1.82, 2.24) is 9.88 Å². The number of likely N-dealkylation sites (tertiary alicyclic amines) is 1. The number of nitrogens with zero attached hydrogens (tertiary/aromatic N) is 2. The molecule has 6 aliphatic rings. The van der Waals surface area contributed by atoms with E-state index >= 15 is 0 Å². The molecule has 6 atom stereocenters. The van der Waals surface area contributed by atoms with E-state index in [2.05, 4.69) is 65.4 Å². The number of hydrogen-bond acceptors (Lipinski definition) is 5. The largest absolute Gasteiger partial charge is 0.396 e. The quantitative estimate of drug-likeness (QED) is 0.612. The van der Waals surface area contributed by atoms with Crippen LogP contribution >= 0.6 is 0 Å². The highest BCUT2D eigenvalue weighted by atomic mass is 16.5. The third-order valence-corrected chi connectivity index (χ3v) is 11.6. The zero-order chi connectivity index (χ0) is 25.8. The van der Waals surface area contributed by atoms with Crippen LogP contribution in [0.5, 0.6) is 0 Å². The molecule has 0 amide bonds. The first-order valence-electron chi connectivity index (χ1n) is 14.5. The number of hydrogen-bond donors (Lipinski definition) is 2. The molecule has 2 bridgehead atoms. The third-order valence-electron chi connectivity index (χ3n) is 11.6. The van der Waals surface area contributed by atoms with Gasteiger partial charge in [-0.3, -0.25) is 9.88 Å². The Labute approximate surface area is 224 Å². The summed E-state index contributed by atoms with van der Waals surface area (Å²) < 4.78 is 7.44. The summed E-state index contributed by atoms with van der Waals surface area (Å²) in [6.45, 7) is 4.14. The minimum Gasteiger partial charge on any atom is -0.396 e. The summed E-state index contributed by atoms with van der Waals surface area (Å²) in [5.41, 5.74) is 3.69. The molecular formula is C33H38N2O3. The first-order valence-corrected chi connectivity index (χ1v) is 14.5. The highest BCUT2D eigenvalue weighted by molar-refractivity contribution is 5.82. The van der Waals surface area contributed by atoms with Gasteiger partial charge in [-0.25, -0.2) is 0 Å². The number of fused-ring (bicyclic) bond motifs is 2. The highest BCUT2D eigenvalue weighted by Crippen LogP contribution is 2.69. The lowest BCUT2D eigenvalue weighted by Gasteiger charge is -2.56. The number of aliphatic hydroxyl groups is 2. The van der Waals surface area contributed by atoms with E-state index in [-0.39, 0.29) is 35.2 Å². The summed E-state index contributed by atoms with van der Waals surface area (Å²) in [6, 6.07) is 9.42. The molecular weight excluding hydrogens is 472 g/mol. The molecule has 198 valence electrons. The van der Waals surface area contributed by atoms with Gasteiger partial charge in [0.05, 0.1) is 24.4 Å². The zero-order valence-electron chi connectivity index (χ0n) is 22.3. The van der Waals surface area contributed by atoms with Gasteiger partial charge in [0.15, 0.2) is 0 Å². The van der Waals surface area contributed by atoms with Crippen molar-refractivity contribution in [2.75, 3.05) is 26.3 Å². The molecule has 2 N–H and O–H groups in total. The Bertz CT molecular complexity index is 1400. The van der Waals surface area contributed by atoms with Gasteiger partial charge in [0.25, 0.3) is 0 Å². The lowest BCUT2D eigenvalue weighted by Crippen LogP contribution is -2.64. The molecule has 8 rings (SSSR count). The van der Waals surface area contributed by atoms with Crippen LogP contribution in [-0.4, -0.2) is 63.6 Å². The Hall–Kier alpha value is -2.31. The lowest BCUT2D eigenvalue weighted by molar-refractivity contribution is -0.143. The topological polar surface area (TPSA) is 65.8 Å². The molecule has 4 heterocycles. The van der Waals surface area contributed by atoms with Gasteiger partial charge in [0.2, 0.25) is 0 Å². The fraction of sp³-hybridized carbons (Fsp3) is 0.545. The van der Waals surface area contributed by atoms with Crippen molar-refractivity contribution >= 4 is 10.8 Å². The first kappa shape index (κ1) is 23.6. The SMILES string of the molecule is C[C@]12CC=C3C=C4C=C[C@@H](N5CC(CO)(CO)C5)CC45CC[C@]3(O5)[C@@H]1CC[C@@H]2c1ccc2ccncc2c1. The second-order valence-corrected chi connectivity index (χ2v) is 13.5. The summed E-state index contributed by atoms with van der Waals surface area (Å²) in [6.07, 6.45) is 20.2. The second kappa shape index (κ2) is 7.88. The summed E-state index contributed by atoms with van der Waals surface area (Å²) in [7, 11) is 0. The van der Waals surface area contributed by atoms with Crippen LogP contribution in [0.25, 0.3) is 10.8 Å². The van der Waals surface area contributed by atoms with Crippen molar-refractivity contribution in [3.8, 4) is 0 Å². The molecule has 0 radical (unpaired) electrons. The Morgan fingerprint density at radius 2 is 1.92 bits per heavy atom. The van der Waals surface area contributed by atoms with E-state index in [1.54, 1.807) is 0 Å². The van der Waals surface area contributed by atoms with Gasteiger partial charge < -0.3 is 14.9 Å². The zero-order valence-corrected chi connectivity index (χ0v) is 22.3. The molecule has 2 spiro atoms. The van der Waals surface area contributed by atoms with Crippen molar-refractivity contribution in [2.45, 2.75) is 68.6 Å². The van der Waals surface area contributed by atoms with Crippen molar-refractivity contribution < 1.29 is 14.9 Å². The normalized spacial score (nSPS) is 40.7. The van der Waals surface area contributed by atoms with Gasteiger partial charge in [-0.05, 0) is 90.0 Å². The van der Waals surface area contributed by atoms with E-state index in [1.165, 1.54) is 40.3 Å². The summed E-state index contributed by atoms with van der Waals surface area (Å²) >= 11 is 0. The number of aromatic nitrogens is 1. The molecule has 2 saturated heterocycles. The predicted octanol–water partition coefficient (Wildman–Crippen LogP) is 4.91. The molecule has 2 aromatic rings. The minimum absolute atomic E-state index is 0.0512. The van der Waals surface area contributed by atoms with Crippen LogP contribution in [0.3, 0.4) is 0 Å². The van der Waals surface area contributed by atoms with E-state index in [0.29, 0.717) is 17.9 Å². The van der Waals surface area contributed by atoms with Crippen molar-refractivity contribution in [3.05, 3.63) is 77.7 Å². The van der Waals surface area contributed by atoms with Gasteiger partial charge in [-0.2, -0.15) is 0 Å². The molecule has 38 heavy (non-hydrogen) atoms. The van der Waals surface area contributed by atoms with Crippen LogP contribution in [-0.2, 0) is 4.74 Å². The predicted molar refractivity (Wildman–Crippen MR) is 148 cm³/mol. The Balaban J connectivity index is 1.11. The lowest BCUT2D eigenvalue weighted by atomic mass is 9.58. The van der Waals surface area contributed by atoms with Gasteiger partial charge in [-0.1, -0.05) is 43.4 Å². The van der Waals surface area contributed by atoms with E-state index in [0.717, 1.165) is 38.8 Å². The maximum absolute atomic E-state index is 9.79. The van der Waals surface area contributed by atoms with Crippen LogP contribution < -0.4 is 0 Å². The number of rotatable bonds is 4. The molecule has 5 nitrogen and oxygen atoms in total. The highest BCUT2D eigenvalue weighted by Gasteiger charge is 2.66. The maximum atomic E-state index is 9.79. The first-order chi connectivity index (χ1) is 18.4. The van der Waals surface area contributed by atoms with E-state index in [9.17, 15) is 10.2 Å². The monoisotopic (exact) mass is 510 g/mol. The maximum Gasteiger partial charge on any atom is 0.0975 e. The number of allylic oxidation sites excluding steroid dienone is 1. The Morgan fingerprint density at radius 1 is 1.05 bits per heavy atom. The Kier molecular flexibility index (Phi) is 4.89. The summed E-state index contributed by atoms with van der Waals surface area (Å²) in [5, 5.41) is 22.1. The van der Waals surface area contributed by atoms with Gasteiger partial charge in [-0.15, -0.1) is 0 Å². The molecule has 3 fully saturated rings. The number of aliphatic hydroxyl groups excluding tert-OH is 2. The molecule has 1 aromatic carbocycles. The smallest absolute Gasteiger partial charge is 0.0975 e. The standard InChI is InChI=1S/C33H38N2O3/c1-30-10-8-26-15-25-4-5-27(35-18-31(19-35,20-36)21-37)16-32(25)11-12-33(26,38-32)29(30)7-6-28(30)23-3-2-22-9-13-34-17-24(22)14-23/h2-5,8-9,13-15,17,27-29,36-37H,6-7,10-12,16,18-21H2,1H3/t27-,28-,29-,30-,32?,33-/m1/s1. The second-order valence-electron chi connectivity index (χ2n) is 13.5. The minimum atomic E-state index is -0.343. The third kappa shape index (κ3) is 2.99. The number of benzene rings is 1. The summed E-state index contributed by atoms with van der Waals surface area (Å²) in [5.74, 6) is 1.05. The van der Waals surface area contributed by atoms with E-state index in [1.807, 2.05) is 12.4 Å². The van der Waals surface area contributed by atoms with Crippen LogP contribution in [0.4, 0.5) is 0 Å². The van der Waals surface area contributed by atoms with Crippen LogP contribution in [0, 0.1) is 16.7 Å². The van der Waals surface area contributed by atoms with Gasteiger partial charge in [0.1, 0.15) is 0 Å². The van der Waals surface area contributed by atoms with Crippen molar-refractivity contribution in [2.24, 2.45) is 16.7 Å². The van der Waals surface area contributed by atoms with Crippen molar-refractivity contribution in [3.63, 3.8) is 0 Å².